The zero-order chi connectivity index (χ0) is 7.68. The molecule has 0 N–H and O–H groups in total. The molecule has 0 aliphatic carbocycles. The molecule has 1 fully saturated rings. The lowest BCUT2D eigenvalue weighted by atomic mass is 10.0. The van der Waals surface area contributed by atoms with Crippen molar-refractivity contribution in [1.29, 1.82) is 0 Å². The van der Waals surface area contributed by atoms with Crippen LogP contribution in [-0.4, -0.2) is 18.0 Å². The fourth-order valence-electron chi connectivity index (χ4n) is 1.58. The second kappa shape index (κ2) is 2.95. The van der Waals surface area contributed by atoms with Crippen molar-refractivity contribution in [2.75, 3.05) is 13.1 Å². The first-order chi connectivity index (χ1) is 5.34. The van der Waals surface area contributed by atoms with E-state index in [1.165, 1.54) is 24.5 Å². The van der Waals surface area contributed by atoms with E-state index in [1.54, 1.807) is 0 Å². The van der Waals surface area contributed by atoms with Gasteiger partial charge in [-0.1, -0.05) is 13.0 Å². The van der Waals surface area contributed by atoms with E-state index in [2.05, 4.69) is 29.3 Å². The lowest BCUT2D eigenvalue weighted by molar-refractivity contribution is 0.106. The van der Waals surface area contributed by atoms with E-state index in [1.807, 2.05) is 11.3 Å². The highest BCUT2D eigenvalue weighted by atomic mass is 32.1. The van der Waals surface area contributed by atoms with Crippen molar-refractivity contribution in [3.05, 3.63) is 22.4 Å². The van der Waals surface area contributed by atoms with Gasteiger partial charge >= 0.3 is 0 Å². The molecule has 11 heavy (non-hydrogen) atoms. The quantitative estimate of drug-likeness (QED) is 0.652. The summed E-state index contributed by atoms with van der Waals surface area (Å²) in [6.07, 6.45) is 0. The first-order valence-corrected chi connectivity index (χ1v) is 4.97. The predicted molar refractivity (Wildman–Crippen MR) is 48.8 cm³/mol. The number of rotatable bonds is 2. The van der Waals surface area contributed by atoms with Gasteiger partial charge in [0.2, 0.25) is 0 Å². The zero-order valence-electron chi connectivity index (χ0n) is 6.79. The van der Waals surface area contributed by atoms with Gasteiger partial charge in [-0.15, -0.1) is 11.3 Å². The molecule has 60 valence electrons. The van der Waals surface area contributed by atoms with Crippen molar-refractivity contribution in [3.8, 4) is 0 Å². The van der Waals surface area contributed by atoms with Gasteiger partial charge in [0.25, 0.3) is 0 Å². The Labute approximate surface area is 71.7 Å². The van der Waals surface area contributed by atoms with Crippen molar-refractivity contribution in [1.82, 2.24) is 4.90 Å². The van der Waals surface area contributed by atoms with Crippen LogP contribution in [0, 0.1) is 5.92 Å². The lowest BCUT2D eigenvalue weighted by Crippen LogP contribution is -2.44. The number of nitrogens with zero attached hydrogens (tertiary/aromatic N) is 1. The Kier molecular flexibility index (Phi) is 1.96. The molecule has 1 aromatic rings. The fourth-order valence-corrected chi connectivity index (χ4v) is 2.33. The molecule has 1 saturated heterocycles. The third-order valence-corrected chi connectivity index (χ3v) is 2.96. The highest BCUT2D eigenvalue weighted by Crippen LogP contribution is 2.19. The van der Waals surface area contributed by atoms with E-state index in [4.69, 9.17) is 0 Å². The van der Waals surface area contributed by atoms with E-state index in [0.29, 0.717) is 0 Å². The minimum atomic E-state index is 0.926. The normalized spacial score (nSPS) is 20.1. The van der Waals surface area contributed by atoms with Crippen LogP contribution in [0.2, 0.25) is 0 Å². The molecule has 0 bridgehead atoms. The second-order valence-electron chi connectivity index (χ2n) is 3.38. The smallest absolute Gasteiger partial charge is 0.0328 e. The van der Waals surface area contributed by atoms with Gasteiger partial charge in [-0.25, -0.2) is 0 Å². The molecule has 0 saturated carbocycles. The molecule has 2 heterocycles. The van der Waals surface area contributed by atoms with Crippen LogP contribution < -0.4 is 0 Å². The van der Waals surface area contributed by atoms with Crippen molar-refractivity contribution in [2.24, 2.45) is 5.92 Å². The summed E-state index contributed by atoms with van der Waals surface area (Å²) in [5, 5.41) is 2.15. The van der Waals surface area contributed by atoms with Crippen LogP contribution >= 0.6 is 11.3 Å². The molecule has 1 nitrogen and oxygen atoms in total. The monoisotopic (exact) mass is 167 g/mol. The minimum Gasteiger partial charge on any atom is -0.298 e. The Bertz CT molecular complexity index is 211. The Morgan fingerprint density at radius 2 is 2.45 bits per heavy atom. The number of hydrogen-bond donors (Lipinski definition) is 0. The Morgan fingerprint density at radius 1 is 1.64 bits per heavy atom. The molecule has 0 atom stereocenters. The van der Waals surface area contributed by atoms with Crippen LogP contribution in [0.1, 0.15) is 11.8 Å². The molecule has 1 aromatic heterocycles. The maximum Gasteiger partial charge on any atom is 0.0328 e. The summed E-state index contributed by atoms with van der Waals surface area (Å²) in [6, 6.07) is 4.34. The van der Waals surface area contributed by atoms with Gasteiger partial charge in [-0.3, -0.25) is 4.90 Å². The van der Waals surface area contributed by atoms with Crippen LogP contribution in [0.15, 0.2) is 17.5 Å². The topological polar surface area (TPSA) is 3.24 Å². The third-order valence-electron chi connectivity index (χ3n) is 2.10. The Hall–Kier alpha value is -0.340. The zero-order valence-corrected chi connectivity index (χ0v) is 7.60. The van der Waals surface area contributed by atoms with Gasteiger partial charge in [-0.05, 0) is 17.4 Å². The highest BCUT2D eigenvalue weighted by Gasteiger charge is 2.21. The van der Waals surface area contributed by atoms with Gasteiger partial charge in [-0.2, -0.15) is 0 Å². The average molecular weight is 167 g/mol. The summed E-state index contributed by atoms with van der Waals surface area (Å²) in [5.41, 5.74) is 0. The largest absolute Gasteiger partial charge is 0.298 e. The van der Waals surface area contributed by atoms with Crippen LogP contribution in [0.5, 0.6) is 0 Å². The SMILES string of the molecule is CC1CN(Cc2cccs2)C1. The van der Waals surface area contributed by atoms with Crippen LogP contribution in [0.4, 0.5) is 0 Å². The van der Waals surface area contributed by atoms with Gasteiger partial charge in [0.15, 0.2) is 0 Å². The van der Waals surface area contributed by atoms with Crippen LogP contribution in [-0.2, 0) is 6.54 Å². The molecule has 1 aliphatic heterocycles. The second-order valence-corrected chi connectivity index (χ2v) is 4.41. The molecule has 1 aliphatic rings. The summed E-state index contributed by atoms with van der Waals surface area (Å²) >= 11 is 1.86. The third kappa shape index (κ3) is 1.63. The number of thiophene rings is 1. The molecule has 2 rings (SSSR count). The number of likely N-dealkylation sites (tertiary alicyclic amines) is 1. The Balaban J connectivity index is 1.84. The van der Waals surface area contributed by atoms with E-state index < -0.39 is 0 Å². The maximum atomic E-state index is 2.50. The first-order valence-electron chi connectivity index (χ1n) is 4.09. The van der Waals surface area contributed by atoms with E-state index in [-0.39, 0.29) is 0 Å². The van der Waals surface area contributed by atoms with Gasteiger partial charge < -0.3 is 0 Å². The van der Waals surface area contributed by atoms with Crippen LogP contribution in [0.25, 0.3) is 0 Å². The fraction of sp³-hybridized carbons (Fsp3) is 0.556. The molecule has 0 unspecified atom stereocenters. The molecule has 0 spiro atoms. The van der Waals surface area contributed by atoms with Gasteiger partial charge in [0.05, 0.1) is 0 Å². The van der Waals surface area contributed by atoms with Gasteiger partial charge in [0, 0.05) is 24.5 Å². The van der Waals surface area contributed by atoms with Crippen molar-refractivity contribution in [3.63, 3.8) is 0 Å². The summed E-state index contributed by atoms with van der Waals surface area (Å²) in [6.45, 7) is 6.06. The van der Waals surface area contributed by atoms with E-state index in [0.717, 1.165) is 5.92 Å². The van der Waals surface area contributed by atoms with Crippen molar-refractivity contribution >= 4 is 11.3 Å². The van der Waals surface area contributed by atoms with Crippen LogP contribution in [0.3, 0.4) is 0 Å². The molecule has 0 radical (unpaired) electrons. The van der Waals surface area contributed by atoms with Crippen molar-refractivity contribution in [2.45, 2.75) is 13.5 Å². The average Bonchev–Trinajstić information content (AvgIpc) is 2.36. The standard InChI is InChI=1S/C9H13NS/c1-8-5-10(6-8)7-9-3-2-4-11-9/h2-4,8H,5-7H2,1H3. The van der Waals surface area contributed by atoms with E-state index in [9.17, 15) is 0 Å². The lowest BCUT2D eigenvalue weighted by Gasteiger charge is -2.36. The Morgan fingerprint density at radius 3 is 3.00 bits per heavy atom. The minimum absolute atomic E-state index is 0.926. The first kappa shape index (κ1) is 7.32. The summed E-state index contributed by atoms with van der Waals surface area (Å²) in [7, 11) is 0. The molecule has 0 amide bonds. The number of hydrogen-bond acceptors (Lipinski definition) is 2. The van der Waals surface area contributed by atoms with E-state index >= 15 is 0 Å². The van der Waals surface area contributed by atoms with Gasteiger partial charge in [0.1, 0.15) is 0 Å². The predicted octanol–water partition coefficient (Wildman–Crippen LogP) is 2.20. The molecular weight excluding hydrogens is 154 g/mol. The summed E-state index contributed by atoms with van der Waals surface area (Å²) in [4.78, 5) is 3.99. The molecular formula is C9H13NS. The summed E-state index contributed by atoms with van der Waals surface area (Å²) < 4.78 is 0. The highest BCUT2D eigenvalue weighted by molar-refractivity contribution is 7.09. The molecule has 2 heteroatoms. The maximum absolute atomic E-state index is 2.50. The van der Waals surface area contributed by atoms with Crippen molar-refractivity contribution < 1.29 is 0 Å². The summed E-state index contributed by atoms with van der Waals surface area (Å²) in [5.74, 6) is 0.926. The molecule has 0 aromatic carbocycles.